The molecule has 0 saturated heterocycles. The number of hydrogen-bond donors (Lipinski definition) is 1. The van der Waals surface area contributed by atoms with Crippen molar-refractivity contribution in [1.29, 1.82) is 0 Å². The zero-order valence-corrected chi connectivity index (χ0v) is 11.0. The Bertz CT molecular complexity index is 453. The van der Waals surface area contributed by atoms with E-state index in [2.05, 4.69) is 39.7 Å². The number of rotatable bonds is 5. The molecule has 0 aliphatic rings. The van der Waals surface area contributed by atoms with Gasteiger partial charge in [0.1, 0.15) is 5.82 Å². The number of aryl methyl sites for hydroxylation is 1. The van der Waals surface area contributed by atoms with E-state index in [1.165, 1.54) is 4.88 Å². The summed E-state index contributed by atoms with van der Waals surface area (Å²) in [5.74, 6) is 0.827. The molecule has 0 fully saturated rings. The molecule has 90 valence electrons. The molecular weight excluding hydrogens is 230 g/mol. The average Bonchev–Trinajstić information content (AvgIpc) is 2.84. The first-order chi connectivity index (χ1) is 8.29. The standard InChI is InChI=1S/C13H17N3S/c1-3-12(13-5-4-8-17-13)15-9-11-6-7-14-10(2)16-11/h4-8,12,15H,3,9H2,1-2H3. The minimum atomic E-state index is 0.422. The van der Waals surface area contributed by atoms with Crippen molar-refractivity contribution in [3.63, 3.8) is 0 Å². The molecule has 0 radical (unpaired) electrons. The maximum absolute atomic E-state index is 4.39. The summed E-state index contributed by atoms with van der Waals surface area (Å²) in [6.45, 7) is 4.91. The molecule has 0 aliphatic carbocycles. The zero-order chi connectivity index (χ0) is 12.1. The van der Waals surface area contributed by atoms with Crippen LogP contribution in [-0.4, -0.2) is 9.97 Å². The summed E-state index contributed by atoms with van der Waals surface area (Å²) in [5, 5.41) is 5.66. The second kappa shape index (κ2) is 5.89. The van der Waals surface area contributed by atoms with Gasteiger partial charge >= 0.3 is 0 Å². The van der Waals surface area contributed by atoms with E-state index >= 15 is 0 Å². The van der Waals surface area contributed by atoms with Gasteiger partial charge in [-0.1, -0.05) is 13.0 Å². The van der Waals surface area contributed by atoms with Gasteiger partial charge in [0.15, 0.2) is 0 Å². The van der Waals surface area contributed by atoms with Crippen LogP contribution in [0.5, 0.6) is 0 Å². The molecule has 2 aromatic rings. The number of hydrogen-bond acceptors (Lipinski definition) is 4. The van der Waals surface area contributed by atoms with Crippen molar-refractivity contribution in [2.45, 2.75) is 32.9 Å². The van der Waals surface area contributed by atoms with Gasteiger partial charge in [-0.25, -0.2) is 9.97 Å². The highest BCUT2D eigenvalue weighted by Gasteiger charge is 2.09. The van der Waals surface area contributed by atoms with Crippen LogP contribution < -0.4 is 5.32 Å². The quantitative estimate of drug-likeness (QED) is 0.882. The van der Waals surface area contributed by atoms with E-state index in [1.54, 1.807) is 11.3 Å². The lowest BCUT2D eigenvalue weighted by Gasteiger charge is -2.15. The maximum atomic E-state index is 4.39. The summed E-state index contributed by atoms with van der Waals surface area (Å²) in [6, 6.07) is 6.66. The van der Waals surface area contributed by atoms with Gasteiger partial charge in [-0.05, 0) is 30.9 Å². The Morgan fingerprint density at radius 2 is 2.29 bits per heavy atom. The molecule has 2 heterocycles. The summed E-state index contributed by atoms with van der Waals surface area (Å²) in [5.41, 5.74) is 1.05. The van der Waals surface area contributed by atoms with Crippen LogP contribution in [-0.2, 0) is 6.54 Å². The Morgan fingerprint density at radius 1 is 1.41 bits per heavy atom. The summed E-state index contributed by atoms with van der Waals surface area (Å²) in [7, 11) is 0. The van der Waals surface area contributed by atoms with Crippen LogP contribution in [0.15, 0.2) is 29.8 Å². The molecule has 2 aromatic heterocycles. The first-order valence-corrected chi connectivity index (χ1v) is 6.73. The zero-order valence-electron chi connectivity index (χ0n) is 10.2. The van der Waals surface area contributed by atoms with E-state index in [9.17, 15) is 0 Å². The highest BCUT2D eigenvalue weighted by molar-refractivity contribution is 7.10. The molecule has 2 rings (SSSR count). The van der Waals surface area contributed by atoms with E-state index in [0.29, 0.717) is 6.04 Å². The van der Waals surface area contributed by atoms with Gasteiger partial charge in [-0.3, -0.25) is 0 Å². The number of nitrogens with one attached hydrogen (secondary N) is 1. The molecule has 0 aromatic carbocycles. The summed E-state index contributed by atoms with van der Waals surface area (Å²) >= 11 is 1.80. The van der Waals surface area contributed by atoms with Crippen LogP contribution in [0.3, 0.4) is 0 Å². The Morgan fingerprint density at radius 3 is 2.94 bits per heavy atom. The van der Waals surface area contributed by atoms with Crippen molar-refractivity contribution in [3.8, 4) is 0 Å². The minimum Gasteiger partial charge on any atom is -0.304 e. The van der Waals surface area contributed by atoms with Crippen molar-refractivity contribution < 1.29 is 0 Å². The molecule has 4 heteroatoms. The topological polar surface area (TPSA) is 37.8 Å². The predicted molar refractivity (Wildman–Crippen MR) is 71.0 cm³/mol. The molecule has 1 N–H and O–H groups in total. The normalized spacial score (nSPS) is 12.6. The van der Waals surface area contributed by atoms with Crippen LogP contribution in [0.2, 0.25) is 0 Å². The van der Waals surface area contributed by atoms with E-state index in [0.717, 1.165) is 24.5 Å². The Kier molecular flexibility index (Phi) is 4.23. The van der Waals surface area contributed by atoms with Crippen LogP contribution >= 0.6 is 11.3 Å². The van der Waals surface area contributed by atoms with Gasteiger partial charge in [0.25, 0.3) is 0 Å². The van der Waals surface area contributed by atoms with Crippen molar-refractivity contribution >= 4 is 11.3 Å². The molecule has 0 saturated carbocycles. The average molecular weight is 247 g/mol. The maximum Gasteiger partial charge on any atom is 0.125 e. The summed E-state index contributed by atoms with van der Waals surface area (Å²) in [6.07, 6.45) is 2.90. The van der Waals surface area contributed by atoms with Gasteiger partial charge in [0, 0.05) is 23.7 Å². The van der Waals surface area contributed by atoms with Crippen LogP contribution in [0.4, 0.5) is 0 Å². The molecule has 17 heavy (non-hydrogen) atoms. The highest BCUT2D eigenvalue weighted by atomic mass is 32.1. The largest absolute Gasteiger partial charge is 0.304 e. The number of aromatic nitrogens is 2. The van der Waals surface area contributed by atoms with Crippen molar-refractivity contribution in [3.05, 3.63) is 46.2 Å². The molecule has 0 aliphatic heterocycles. The third kappa shape index (κ3) is 3.35. The Hall–Kier alpha value is -1.26. The lowest BCUT2D eigenvalue weighted by atomic mass is 10.2. The molecule has 0 bridgehead atoms. The smallest absolute Gasteiger partial charge is 0.125 e. The number of nitrogens with zero attached hydrogens (tertiary/aromatic N) is 2. The third-order valence-corrected chi connectivity index (χ3v) is 3.64. The van der Waals surface area contributed by atoms with Crippen molar-refractivity contribution in [2.24, 2.45) is 0 Å². The van der Waals surface area contributed by atoms with E-state index in [1.807, 2.05) is 19.2 Å². The van der Waals surface area contributed by atoms with E-state index in [-0.39, 0.29) is 0 Å². The Labute approximate surface area is 106 Å². The molecular formula is C13H17N3S. The second-order valence-corrected chi connectivity index (χ2v) is 4.93. The molecule has 0 amide bonds. The number of thiophene rings is 1. The first-order valence-electron chi connectivity index (χ1n) is 5.85. The molecule has 1 atom stereocenters. The Balaban J connectivity index is 1.97. The molecule has 0 spiro atoms. The lowest BCUT2D eigenvalue weighted by Crippen LogP contribution is -2.20. The van der Waals surface area contributed by atoms with Crippen LogP contribution in [0, 0.1) is 6.92 Å². The van der Waals surface area contributed by atoms with Crippen LogP contribution in [0.1, 0.15) is 35.8 Å². The fourth-order valence-electron chi connectivity index (χ4n) is 1.77. The fraction of sp³-hybridized carbons (Fsp3) is 0.385. The monoisotopic (exact) mass is 247 g/mol. The SMILES string of the molecule is CCC(NCc1ccnc(C)n1)c1cccs1. The summed E-state index contributed by atoms with van der Waals surface area (Å²) in [4.78, 5) is 9.88. The van der Waals surface area contributed by atoms with Gasteiger partial charge in [0.2, 0.25) is 0 Å². The fourth-order valence-corrected chi connectivity index (χ4v) is 2.65. The van der Waals surface area contributed by atoms with Crippen molar-refractivity contribution in [2.75, 3.05) is 0 Å². The predicted octanol–water partition coefficient (Wildman–Crippen LogP) is 3.09. The van der Waals surface area contributed by atoms with Crippen LogP contribution in [0.25, 0.3) is 0 Å². The third-order valence-electron chi connectivity index (χ3n) is 2.66. The second-order valence-electron chi connectivity index (χ2n) is 3.95. The molecule has 3 nitrogen and oxygen atoms in total. The van der Waals surface area contributed by atoms with Gasteiger partial charge in [-0.2, -0.15) is 0 Å². The minimum absolute atomic E-state index is 0.422. The lowest BCUT2D eigenvalue weighted by molar-refractivity contribution is 0.520. The highest BCUT2D eigenvalue weighted by Crippen LogP contribution is 2.21. The first kappa shape index (κ1) is 12.2. The van der Waals surface area contributed by atoms with E-state index < -0.39 is 0 Å². The molecule has 1 unspecified atom stereocenters. The van der Waals surface area contributed by atoms with Gasteiger partial charge < -0.3 is 5.32 Å². The van der Waals surface area contributed by atoms with Gasteiger partial charge in [0.05, 0.1) is 5.69 Å². The van der Waals surface area contributed by atoms with Gasteiger partial charge in [-0.15, -0.1) is 11.3 Å². The summed E-state index contributed by atoms with van der Waals surface area (Å²) < 4.78 is 0. The van der Waals surface area contributed by atoms with E-state index in [4.69, 9.17) is 0 Å². The van der Waals surface area contributed by atoms with Crippen molar-refractivity contribution in [1.82, 2.24) is 15.3 Å².